The van der Waals surface area contributed by atoms with Gasteiger partial charge in [0, 0.05) is 38.2 Å². The van der Waals surface area contributed by atoms with Crippen LogP contribution in [-0.2, 0) is 14.4 Å². The fourth-order valence-electron chi connectivity index (χ4n) is 4.28. The number of hydrogen-bond donors (Lipinski definition) is 2. The van der Waals surface area contributed by atoms with Crippen molar-refractivity contribution in [1.29, 1.82) is 0 Å². The molecule has 9 heteroatoms. The molecular formula is C22H35N5O4. The highest BCUT2D eigenvalue weighted by Gasteiger charge is 2.33. The quantitative estimate of drug-likeness (QED) is 0.679. The Morgan fingerprint density at radius 2 is 1.81 bits per heavy atom. The van der Waals surface area contributed by atoms with Crippen LogP contribution in [0.3, 0.4) is 0 Å². The lowest BCUT2D eigenvalue weighted by Crippen LogP contribution is -2.57. The van der Waals surface area contributed by atoms with E-state index in [4.69, 9.17) is 4.52 Å². The number of amides is 3. The van der Waals surface area contributed by atoms with Crippen LogP contribution in [0, 0.1) is 18.8 Å². The molecule has 1 saturated heterocycles. The first kappa shape index (κ1) is 23.2. The second-order valence-electron chi connectivity index (χ2n) is 9.04. The van der Waals surface area contributed by atoms with Crippen molar-refractivity contribution < 1.29 is 18.9 Å². The molecule has 9 nitrogen and oxygen atoms in total. The minimum Gasteiger partial charge on any atom is -0.360 e. The van der Waals surface area contributed by atoms with Gasteiger partial charge in [0.15, 0.2) is 5.82 Å². The molecule has 31 heavy (non-hydrogen) atoms. The van der Waals surface area contributed by atoms with Gasteiger partial charge in [0.25, 0.3) is 0 Å². The van der Waals surface area contributed by atoms with Crippen LogP contribution in [0.4, 0.5) is 5.82 Å². The van der Waals surface area contributed by atoms with Crippen LogP contribution in [-0.4, -0.2) is 71.4 Å². The lowest BCUT2D eigenvalue weighted by atomic mass is 9.88. The highest BCUT2D eigenvalue weighted by atomic mass is 16.5. The zero-order valence-corrected chi connectivity index (χ0v) is 18.9. The van der Waals surface area contributed by atoms with Gasteiger partial charge in [-0.15, -0.1) is 0 Å². The first-order chi connectivity index (χ1) is 14.8. The molecule has 0 bridgehead atoms. The monoisotopic (exact) mass is 433 g/mol. The maximum absolute atomic E-state index is 13.1. The fourth-order valence-corrected chi connectivity index (χ4v) is 4.28. The maximum Gasteiger partial charge on any atom is 0.245 e. The Balaban J connectivity index is 1.46. The van der Waals surface area contributed by atoms with Gasteiger partial charge in [0.1, 0.15) is 11.8 Å². The number of aromatic nitrogens is 1. The zero-order valence-electron chi connectivity index (χ0n) is 18.9. The van der Waals surface area contributed by atoms with Gasteiger partial charge in [-0.1, -0.05) is 38.3 Å². The third-order valence-corrected chi connectivity index (χ3v) is 6.15. The van der Waals surface area contributed by atoms with Crippen molar-refractivity contribution in [2.45, 2.75) is 58.9 Å². The van der Waals surface area contributed by atoms with Crippen molar-refractivity contribution in [3.05, 3.63) is 11.8 Å². The number of anilines is 1. The molecule has 2 heterocycles. The molecule has 0 radical (unpaired) electrons. The van der Waals surface area contributed by atoms with Crippen LogP contribution in [0.1, 0.15) is 51.7 Å². The number of aryl methyl sites for hydroxylation is 1. The third kappa shape index (κ3) is 6.53. The Kier molecular flexibility index (Phi) is 8.06. The Morgan fingerprint density at radius 3 is 2.39 bits per heavy atom. The Hall–Kier alpha value is -2.42. The minimum atomic E-state index is -0.500. The Bertz CT molecular complexity index is 764. The maximum atomic E-state index is 13.1. The number of piperazine rings is 1. The molecule has 0 aromatic carbocycles. The predicted octanol–water partition coefficient (Wildman–Crippen LogP) is 1.79. The number of carbonyl (C=O) groups excluding carboxylic acids is 3. The highest BCUT2D eigenvalue weighted by molar-refractivity contribution is 5.91. The van der Waals surface area contributed by atoms with Crippen LogP contribution in [0.25, 0.3) is 0 Å². The summed E-state index contributed by atoms with van der Waals surface area (Å²) in [6.45, 7) is 8.24. The van der Waals surface area contributed by atoms with E-state index in [1.165, 1.54) is 6.42 Å². The number of carbonyl (C=O) groups is 3. The summed E-state index contributed by atoms with van der Waals surface area (Å²) in [6.07, 6.45) is 5.20. The van der Waals surface area contributed by atoms with Crippen molar-refractivity contribution >= 4 is 23.5 Å². The average Bonchev–Trinajstić information content (AvgIpc) is 3.16. The van der Waals surface area contributed by atoms with Gasteiger partial charge in [0.05, 0.1) is 6.54 Å². The van der Waals surface area contributed by atoms with Crippen molar-refractivity contribution in [1.82, 2.24) is 20.3 Å². The molecule has 2 fully saturated rings. The number of hydrogen-bond acceptors (Lipinski definition) is 6. The summed E-state index contributed by atoms with van der Waals surface area (Å²) < 4.78 is 4.95. The summed E-state index contributed by atoms with van der Waals surface area (Å²) in [6, 6.07) is 1.17. The summed E-state index contributed by atoms with van der Waals surface area (Å²) in [5.74, 6) is 0.934. The van der Waals surface area contributed by atoms with Gasteiger partial charge in [0.2, 0.25) is 17.7 Å². The van der Waals surface area contributed by atoms with Gasteiger partial charge in [-0.2, -0.15) is 0 Å². The topological polar surface area (TPSA) is 108 Å². The fraction of sp³-hybridized carbons (Fsp3) is 0.727. The summed E-state index contributed by atoms with van der Waals surface area (Å²) >= 11 is 0. The number of nitrogens with zero attached hydrogens (tertiary/aromatic N) is 3. The second kappa shape index (κ2) is 10.7. The van der Waals surface area contributed by atoms with E-state index < -0.39 is 6.04 Å². The van der Waals surface area contributed by atoms with Crippen molar-refractivity contribution in [2.24, 2.45) is 11.8 Å². The average molecular weight is 434 g/mol. The largest absolute Gasteiger partial charge is 0.360 e. The van der Waals surface area contributed by atoms with Gasteiger partial charge in [-0.3, -0.25) is 19.3 Å². The van der Waals surface area contributed by atoms with Crippen molar-refractivity contribution in [3.63, 3.8) is 0 Å². The molecule has 1 aromatic rings. The standard InChI is InChI=1S/C22H35N5O4/c1-15(2)20(24-21(29)17-7-5-4-6-8-17)22(30)27-11-9-26(10-12-27)14-19(28)23-18-13-16(3)31-25-18/h13,15,17,20H,4-12,14H2,1-3H3,(H,24,29)(H,23,25,28). The van der Waals surface area contributed by atoms with Crippen molar-refractivity contribution in [3.8, 4) is 0 Å². The highest BCUT2D eigenvalue weighted by Crippen LogP contribution is 2.24. The lowest BCUT2D eigenvalue weighted by Gasteiger charge is -2.37. The predicted molar refractivity (Wildman–Crippen MR) is 116 cm³/mol. The lowest BCUT2D eigenvalue weighted by molar-refractivity contribution is -0.140. The van der Waals surface area contributed by atoms with E-state index in [1.54, 1.807) is 17.9 Å². The van der Waals surface area contributed by atoms with Gasteiger partial charge >= 0.3 is 0 Å². The van der Waals surface area contributed by atoms with E-state index >= 15 is 0 Å². The van der Waals surface area contributed by atoms with E-state index in [2.05, 4.69) is 15.8 Å². The van der Waals surface area contributed by atoms with Crippen LogP contribution < -0.4 is 10.6 Å². The summed E-state index contributed by atoms with van der Waals surface area (Å²) in [5, 5.41) is 9.51. The molecule has 1 aromatic heterocycles. The SMILES string of the molecule is Cc1cc(NC(=O)CN2CCN(C(=O)C(NC(=O)C3CCCCC3)C(C)C)CC2)no1. The normalized spacial score (nSPS) is 19.3. The smallest absolute Gasteiger partial charge is 0.245 e. The molecule has 1 aliphatic heterocycles. The van der Waals surface area contributed by atoms with Crippen molar-refractivity contribution in [2.75, 3.05) is 38.0 Å². The van der Waals surface area contributed by atoms with Crippen LogP contribution >= 0.6 is 0 Å². The minimum absolute atomic E-state index is 0.0187. The number of nitrogens with one attached hydrogen (secondary N) is 2. The summed E-state index contributed by atoms with van der Waals surface area (Å²) in [4.78, 5) is 41.8. The second-order valence-corrected chi connectivity index (χ2v) is 9.04. The van der Waals surface area contributed by atoms with Crippen LogP contribution in [0.15, 0.2) is 10.6 Å². The molecule has 1 unspecified atom stereocenters. The summed E-state index contributed by atoms with van der Waals surface area (Å²) in [5.41, 5.74) is 0. The molecule has 3 amide bonds. The van der Waals surface area contributed by atoms with Gasteiger partial charge < -0.3 is 20.1 Å². The van der Waals surface area contributed by atoms with Crippen LogP contribution in [0.5, 0.6) is 0 Å². The molecule has 3 rings (SSSR count). The van der Waals surface area contributed by atoms with Crippen LogP contribution in [0.2, 0.25) is 0 Å². The molecule has 1 atom stereocenters. The molecule has 1 aliphatic carbocycles. The molecule has 0 spiro atoms. The molecular weight excluding hydrogens is 398 g/mol. The van der Waals surface area contributed by atoms with E-state index in [0.29, 0.717) is 37.8 Å². The van der Waals surface area contributed by atoms with Gasteiger partial charge in [-0.05, 0) is 25.7 Å². The van der Waals surface area contributed by atoms with Gasteiger partial charge in [-0.25, -0.2) is 0 Å². The zero-order chi connectivity index (χ0) is 22.4. The summed E-state index contributed by atoms with van der Waals surface area (Å²) in [7, 11) is 0. The first-order valence-corrected chi connectivity index (χ1v) is 11.4. The van der Waals surface area contributed by atoms with E-state index in [0.717, 1.165) is 25.7 Å². The Morgan fingerprint density at radius 1 is 1.13 bits per heavy atom. The molecule has 2 aliphatic rings. The third-order valence-electron chi connectivity index (χ3n) is 6.15. The first-order valence-electron chi connectivity index (χ1n) is 11.4. The molecule has 172 valence electrons. The van der Waals surface area contributed by atoms with E-state index in [9.17, 15) is 14.4 Å². The Labute approximate surface area is 183 Å². The molecule has 2 N–H and O–H groups in total. The van der Waals surface area contributed by atoms with E-state index in [-0.39, 0.29) is 36.1 Å². The van der Waals surface area contributed by atoms with E-state index in [1.807, 2.05) is 18.7 Å². The molecule has 1 saturated carbocycles. The number of rotatable bonds is 7.